The number of rotatable bonds is 9. The molecule has 1 saturated heterocycles. The number of anilines is 1. The minimum absolute atomic E-state index is 0.0570. The molecular formula is C27H26BrF3N6O5. The van der Waals surface area contributed by atoms with Crippen molar-refractivity contribution in [1.29, 1.82) is 0 Å². The number of ketones is 1. The SMILES string of the molecule is Cc1ccc(Br)nc1CC(=O)[C@@H]1C[C@@]2(C)C[C@H]2N1C(=O)Cn1nc(NCCC(=O)OC(=O)C(F)(F)F)c2ccncc21. The van der Waals surface area contributed by atoms with Crippen molar-refractivity contribution in [2.75, 3.05) is 11.9 Å². The van der Waals surface area contributed by atoms with Gasteiger partial charge in [0.2, 0.25) is 5.91 Å². The van der Waals surface area contributed by atoms with E-state index in [1.165, 1.54) is 17.1 Å². The number of aryl methyl sites for hydroxylation is 1. The van der Waals surface area contributed by atoms with Crippen molar-refractivity contribution in [3.63, 3.8) is 0 Å². The van der Waals surface area contributed by atoms with Crippen molar-refractivity contribution < 1.29 is 37.1 Å². The molecule has 2 aliphatic rings. The molecule has 3 atom stereocenters. The van der Waals surface area contributed by atoms with Gasteiger partial charge in [0.1, 0.15) is 11.1 Å². The predicted octanol–water partition coefficient (Wildman–Crippen LogP) is 3.52. The van der Waals surface area contributed by atoms with Gasteiger partial charge in [0.15, 0.2) is 11.6 Å². The average Bonchev–Trinajstić information content (AvgIpc) is 3.30. The second kappa shape index (κ2) is 11.1. The predicted molar refractivity (Wildman–Crippen MR) is 145 cm³/mol. The van der Waals surface area contributed by atoms with E-state index in [0.717, 1.165) is 12.0 Å². The summed E-state index contributed by atoms with van der Waals surface area (Å²) in [5, 5.41) is 7.82. The second-order valence-electron chi connectivity index (χ2n) is 10.8. The zero-order chi connectivity index (χ0) is 30.4. The molecule has 1 aliphatic carbocycles. The van der Waals surface area contributed by atoms with Crippen LogP contribution >= 0.6 is 15.9 Å². The van der Waals surface area contributed by atoms with E-state index in [1.807, 2.05) is 13.0 Å². The van der Waals surface area contributed by atoms with E-state index < -0.39 is 30.6 Å². The molecule has 3 aromatic heterocycles. The lowest BCUT2D eigenvalue weighted by Gasteiger charge is -2.27. The quantitative estimate of drug-likeness (QED) is 0.209. The van der Waals surface area contributed by atoms with E-state index in [-0.39, 0.29) is 48.5 Å². The van der Waals surface area contributed by atoms with Gasteiger partial charge in [0.25, 0.3) is 0 Å². The van der Waals surface area contributed by atoms with Crippen LogP contribution in [0.3, 0.4) is 0 Å². The van der Waals surface area contributed by atoms with Crippen molar-refractivity contribution in [3.05, 3.63) is 46.5 Å². The van der Waals surface area contributed by atoms with E-state index in [2.05, 4.69) is 48.0 Å². The Kier molecular flexibility index (Phi) is 7.81. The van der Waals surface area contributed by atoms with Gasteiger partial charge in [-0.15, -0.1) is 0 Å². The summed E-state index contributed by atoms with van der Waals surface area (Å²) in [6.07, 6.45) is -1.34. The third-order valence-electron chi connectivity index (χ3n) is 7.70. The normalized spacial score (nSPS) is 21.2. The van der Waals surface area contributed by atoms with Crippen molar-refractivity contribution in [1.82, 2.24) is 24.6 Å². The fraction of sp³-hybridized carbons (Fsp3) is 0.444. The topological polar surface area (TPSA) is 136 Å². The largest absolute Gasteiger partial charge is 0.491 e. The molecular weight excluding hydrogens is 625 g/mol. The minimum atomic E-state index is -5.27. The maximum Gasteiger partial charge on any atom is 0.491 e. The Bertz CT molecular complexity index is 1590. The number of fused-ring (bicyclic) bond motifs is 2. The van der Waals surface area contributed by atoms with Gasteiger partial charge in [-0.1, -0.05) is 13.0 Å². The monoisotopic (exact) mass is 650 g/mol. The number of aromatic nitrogens is 4. The number of likely N-dealkylation sites (tertiary alicyclic amines) is 1. The summed E-state index contributed by atoms with van der Waals surface area (Å²) in [7, 11) is 0. The Morgan fingerprint density at radius 3 is 2.69 bits per heavy atom. The molecule has 5 rings (SSSR count). The van der Waals surface area contributed by atoms with Gasteiger partial charge in [-0.05, 0) is 58.8 Å². The van der Waals surface area contributed by atoms with Crippen LogP contribution in [0.15, 0.2) is 35.2 Å². The fourth-order valence-corrected chi connectivity index (χ4v) is 5.74. The number of ether oxygens (including phenoxy) is 1. The average molecular weight is 651 g/mol. The molecule has 0 spiro atoms. The number of hydrogen-bond acceptors (Lipinski definition) is 9. The molecule has 4 heterocycles. The standard InChI is InChI=1S/C27H26BrF3N6O5/c1-14-3-4-21(28)34-16(14)9-19(38)17-10-26(2)11-20(26)37(17)22(39)13-36-18-12-32-7-5-15(18)24(35-36)33-8-6-23(40)42-25(41)27(29,30)31/h3-5,7,12,17,20H,6,8-11,13H2,1-2H3,(H,33,35)/t17-,20+,26-/m0/s1. The molecule has 1 saturated carbocycles. The number of Topliss-reactive ketones (excluding diaryl/α,β-unsaturated/α-hetero) is 1. The van der Waals surface area contributed by atoms with Crippen LogP contribution in [0.5, 0.6) is 0 Å². The van der Waals surface area contributed by atoms with Crippen LogP contribution < -0.4 is 5.32 Å². The summed E-state index contributed by atoms with van der Waals surface area (Å²) in [5.74, 6) is -4.05. The first-order valence-electron chi connectivity index (χ1n) is 13.1. The summed E-state index contributed by atoms with van der Waals surface area (Å²) in [5.41, 5.74) is 1.91. The highest BCUT2D eigenvalue weighted by Gasteiger charge is 2.64. The maximum atomic E-state index is 13.7. The number of esters is 2. The van der Waals surface area contributed by atoms with Gasteiger partial charge in [0, 0.05) is 24.2 Å². The number of amides is 1. The summed E-state index contributed by atoms with van der Waals surface area (Å²) >= 11 is 3.34. The van der Waals surface area contributed by atoms with Crippen molar-refractivity contribution in [2.45, 2.75) is 64.3 Å². The Balaban J connectivity index is 1.28. The molecule has 0 unspecified atom stereocenters. The molecule has 0 aromatic carbocycles. The van der Waals surface area contributed by atoms with Gasteiger partial charge in [0.05, 0.1) is 36.3 Å². The summed E-state index contributed by atoms with van der Waals surface area (Å²) in [6, 6.07) is 4.66. The minimum Gasteiger partial charge on any atom is -0.386 e. The maximum absolute atomic E-state index is 13.7. The molecule has 15 heteroatoms. The van der Waals surface area contributed by atoms with E-state index >= 15 is 0 Å². The van der Waals surface area contributed by atoms with Crippen LogP contribution in [0, 0.1) is 12.3 Å². The van der Waals surface area contributed by atoms with Crippen molar-refractivity contribution in [3.8, 4) is 0 Å². The van der Waals surface area contributed by atoms with Gasteiger partial charge in [-0.3, -0.25) is 24.0 Å². The molecule has 1 N–H and O–H groups in total. The second-order valence-corrected chi connectivity index (χ2v) is 11.6. The third kappa shape index (κ3) is 6.01. The Labute approximate surface area is 245 Å². The summed E-state index contributed by atoms with van der Waals surface area (Å²) < 4.78 is 42.8. The van der Waals surface area contributed by atoms with Crippen LogP contribution in [0.25, 0.3) is 10.9 Å². The zero-order valence-electron chi connectivity index (χ0n) is 22.6. The first-order valence-corrected chi connectivity index (χ1v) is 13.9. The molecule has 1 amide bonds. The van der Waals surface area contributed by atoms with Crippen LogP contribution in [-0.2, 0) is 36.9 Å². The molecule has 0 radical (unpaired) electrons. The number of carbonyl (C=O) groups excluding carboxylic acids is 4. The van der Waals surface area contributed by atoms with Gasteiger partial charge >= 0.3 is 18.1 Å². The number of pyridine rings is 2. The molecule has 1 aliphatic heterocycles. The van der Waals surface area contributed by atoms with Crippen LogP contribution in [0.2, 0.25) is 0 Å². The lowest BCUT2D eigenvalue weighted by molar-refractivity contribution is -0.201. The lowest BCUT2D eigenvalue weighted by atomic mass is 9.96. The van der Waals surface area contributed by atoms with E-state index in [0.29, 0.717) is 27.6 Å². The van der Waals surface area contributed by atoms with Crippen LogP contribution in [-0.4, -0.2) is 73.1 Å². The molecule has 3 aromatic rings. The number of alkyl halides is 3. The Morgan fingerprint density at radius 1 is 1.19 bits per heavy atom. The zero-order valence-corrected chi connectivity index (χ0v) is 24.2. The van der Waals surface area contributed by atoms with Crippen LogP contribution in [0.1, 0.15) is 37.4 Å². The molecule has 11 nitrogen and oxygen atoms in total. The number of hydrogen-bond donors (Lipinski definition) is 1. The van der Waals surface area contributed by atoms with Gasteiger partial charge < -0.3 is 15.0 Å². The number of piperidine rings is 1. The van der Waals surface area contributed by atoms with Gasteiger partial charge in [-0.25, -0.2) is 9.78 Å². The molecule has 0 bridgehead atoms. The van der Waals surface area contributed by atoms with Crippen molar-refractivity contribution in [2.24, 2.45) is 5.41 Å². The van der Waals surface area contributed by atoms with Crippen LogP contribution in [0.4, 0.5) is 19.0 Å². The highest BCUT2D eigenvalue weighted by atomic mass is 79.9. The first kappa shape index (κ1) is 29.6. The number of nitrogens with zero attached hydrogens (tertiary/aromatic N) is 5. The van der Waals surface area contributed by atoms with E-state index in [1.54, 1.807) is 17.0 Å². The summed E-state index contributed by atoms with van der Waals surface area (Å²) in [6.45, 7) is 3.58. The van der Waals surface area contributed by atoms with E-state index in [9.17, 15) is 32.3 Å². The van der Waals surface area contributed by atoms with E-state index in [4.69, 9.17) is 0 Å². The smallest absolute Gasteiger partial charge is 0.386 e. The molecule has 2 fully saturated rings. The Hall–Kier alpha value is -3.88. The highest BCUT2D eigenvalue weighted by Crippen LogP contribution is 2.59. The number of carbonyl (C=O) groups is 4. The molecule has 222 valence electrons. The first-order chi connectivity index (χ1) is 19.8. The number of nitrogens with one attached hydrogen (secondary N) is 1. The number of halogens is 4. The lowest BCUT2D eigenvalue weighted by Crippen LogP contribution is -2.45. The third-order valence-corrected chi connectivity index (χ3v) is 8.14. The van der Waals surface area contributed by atoms with Crippen molar-refractivity contribution >= 4 is 56.3 Å². The highest BCUT2D eigenvalue weighted by molar-refractivity contribution is 9.10. The fourth-order valence-electron chi connectivity index (χ4n) is 5.39. The van der Waals surface area contributed by atoms with Gasteiger partial charge in [-0.2, -0.15) is 18.3 Å². The molecule has 42 heavy (non-hydrogen) atoms. The summed E-state index contributed by atoms with van der Waals surface area (Å²) in [4.78, 5) is 59.8. The Morgan fingerprint density at radius 2 is 1.95 bits per heavy atom.